The molecule has 3 N–H and O–H groups in total. The third-order valence-electron chi connectivity index (χ3n) is 2.22. The summed E-state index contributed by atoms with van der Waals surface area (Å²) in [5, 5.41) is 3.34. The first-order valence-electron chi connectivity index (χ1n) is 5.04. The van der Waals surface area contributed by atoms with Crippen molar-refractivity contribution < 1.29 is 4.79 Å². The molecule has 0 aliphatic rings. The maximum Gasteiger partial charge on any atom is 0.255 e. The molecule has 1 amide bonds. The van der Waals surface area contributed by atoms with Crippen LogP contribution in [0.4, 0.5) is 11.5 Å². The Hall–Kier alpha value is -1.59. The van der Waals surface area contributed by atoms with Gasteiger partial charge in [0.1, 0.15) is 5.82 Å². The molecule has 4 nitrogen and oxygen atoms in total. The number of benzene rings is 1. The van der Waals surface area contributed by atoms with E-state index in [4.69, 9.17) is 17.3 Å². The molecule has 6 heteroatoms. The van der Waals surface area contributed by atoms with Crippen LogP contribution in [0.1, 0.15) is 10.4 Å². The highest BCUT2D eigenvalue weighted by Crippen LogP contribution is 2.26. The second-order valence-electron chi connectivity index (χ2n) is 3.55. The van der Waals surface area contributed by atoms with Crippen molar-refractivity contribution in [2.24, 2.45) is 0 Å². The van der Waals surface area contributed by atoms with Crippen molar-refractivity contribution >= 4 is 44.9 Å². The number of nitrogens with one attached hydrogen (secondary N) is 1. The maximum absolute atomic E-state index is 12.0. The molecule has 18 heavy (non-hydrogen) atoms. The van der Waals surface area contributed by atoms with Gasteiger partial charge in [-0.05, 0) is 46.3 Å². The van der Waals surface area contributed by atoms with Crippen molar-refractivity contribution in [2.75, 3.05) is 11.1 Å². The van der Waals surface area contributed by atoms with Gasteiger partial charge in [-0.2, -0.15) is 0 Å². The summed E-state index contributed by atoms with van der Waals surface area (Å²) in [4.78, 5) is 15.8. The number of aromatic nitrogens is 1. The molecular weight excluding hydrogens is 318 g/mol. The van der Waals surface area contributed by atoms with Gasteiger partial charge in [-0.3, -0.25) is 4.79 Å². The number of pyridine rings is 1. The Morgan fingerprint density at radius 2 is 2.11 bits per heavy atom. The minimum absolute atomic E-state index is 0.257. The van der Waals surface area contributed by atoms with E-state index in [1.54, 1.807) is 24.3 Å². The number of anilines is 2. The van der Waals surface area contributed by atoms with E-state index in [0.717, 1.165) is 0 Å². The number of hydrogen-bond acceptors (Lipinski definition) is 3. The van der Waals surface area contributed by atoms with E-state index < -0.39 is 0 Å². The van der Waals surface area contributed by atoms with Gasteiger partial charge in [0.25, 0.3) is 5.91 Å². The van der Waals surface area contributed by atoms with Crippen LogP contribution < -0.4 is 11.1 Å². The maximum atomic E-state index is 12.0. The van der Waals surface area contributed by atoms with Crippen molar-refractivity contribution in [3.05, 3.63) is 51.6 Å². The molecule has 0 aliphatic carbocycles. The van der Waals surface area contributed by atoms with E-state index in [2.05, 4.69) is 26.2 Å². The summed E-state index contributed by atoms with van der Waals surface area (Å²) in [6.45, 7) is 0. The Balaban J connectivity index is 2.21. The number of amides is 1. The molecule has 2 aromatic rings. The van der Waals surface area contributed by atoms with Gasteiger partial charge in [-0.1, -0.05) is 11.6 Å². The van der Waals surface area contributed by atoms with E-state index in [1.165, 1.54) is 12.3 Å². The van der Waals surface area contributed by atoms with E-state index in [-0.39, 0.29) is 5.91 Å². The van der Waals surface area contributed by atoms with Crippen LogP contribution in [-0.2, 0) is 0 Å². The van der Waals surface area contributed by atoms with Crippen molar-refractivity contribution in [3.8, 4) is 0 Å². The molecule has 0 unspecified atom stereocenters. The molecule has 1 aromatic heterocycles. The zero-order valence-electron chi connectivity index (χ0n) is 9.15. The Morgan fingerprint density at radius 1 is 1.33 bits per heavy atom. The van der Waals surface area contributed by atoms with E-state index in [9.17, 15) is 4.79 Å². The number of halogens is 2. The molecular formula is C12H9BrClN3O. The number of nitrogens with zero attached hydrogens (tertiary/aromatic N) is 1. The number of carbonyl (C=O) groups is 1. The number of nitrogen functional groups attached to an aromatic ring is 1. The topological polar surface area (TPSA) is 68.0 Å². The molecule has 1 aromatic carbocycles. The smallest absolute Gasteiger partial charge is 0.255 e. The molecule has 0 fully saturated rings. The van der Waals surface area contributed by atoms with Crippen LogP contribution in [0.5, 0.6) is 0 Å². The molecule has 0 bridgehead atoms. The average Bonchev–Trinajstić information content (AvgIpc) is 2.32. The SMILES string of the molecule is Nc1cc(C(=O)Nc2ccc(Cl)cc2Br)ccn1. The zero-order valence-corrected chi connectivity index (χ0v) is 11.5. The molecule has 0 saturated carbocycles. The minimum Gasteiger partial charge on any atom is -0.384 e. The first-order chi connectivity index (χ1) is 8.56. The lowest BCUT2D eigenvalue weighted by Crippen LogP contribution is -2.12. The van der Waals surface area contributed by atoms with Crippen LogP contribution >= 0.6 is 27.5 Å². The summed E-state index contributed by atoms with van der Waals surface area (Å²) in [6, 6.07) is 8.23. The predicted molar refractivity (Wildman–Crippen MR) is 75.8 cm³/mol. The van der Waals surface area contributed by atoms with Gasteiger partial charge in [-0.15, -0.1) is 0 Å². The fourth-order valence-electron chi connectivity index (χ4n) is 1.37. The highest BCUT2D eigenvalue weighted by atomic mass is 79.9. The van der Waals surface area contributed by atoms with Crippen molar-refractivity contribution in [3.63, 3.8) is 0 Å². The lowest BCUT2D eigenvalue weighted by molar-refractivity contribution is 0.102. The van der Waals surface area contributed by atoms with Gasteiger partial charge in [0.2, 0.25) is 0 Å². The predicted octanol–water partition coefficient (Wildman–Crippen LogP) is 3.33. The van der Waals surface area contributed by atoms with Gasteiger partial charge in [-0.25, -0.2) is 4.98 Å². The van der Waals surface area contributed by atoms with Crippen LogP contribution in [0.15, 0.2) is 41.0 Å². The largest absolute Gasteiger partial charge is 0.384 e. The summed E-state index contributed by atoms with van der Waals surface area (Å²) in [7, 11) is 0. The van der Waals surface area contributed by atoms with Crippen LogP contribution in [0.25, 0.3) is 0 Å². The normalized spacial score (nSPS) is 10.1. The molecule has 0 saturated heterocycles. The fourth-order valence-corrected chi connectivity index (χ4v) is 2.16. The quantitative estimate of drug-likeness (QED) is 0.889. The Morgan fingerprint density at radius 3 is 2.78 bits per heavy atom. The highest BCUT2D eigenvalue weighted by molar-refractivity contribution is 9.10. The van der Waals surface area contributed by atoms with E-state index >= 15 is 0 Å². The Labute approximate surface area is 117 Å². The molecule has 1 heterocycles. The van der Waals surface area contributed by atoms with Crippen LogP contribution in [0.2, 0.25) is 5.02 Å². The van der Waals surface area contributed by atoms with E-state index in [0.29, 0.717) is 26.6 Å². The third-order valence-corrected chi connectivity index (χ3v) is 3.11. The Bertz CT molecular complexity index is 604. The van der Waals surface area contributed by atoms with Crippen LogP contribution in [0, 0.1) is 0 Å². The third kappa shape index (κ3) is 3.00. The second kappa shape index (κ2) is 5.37. The van der Waals surface area contributed by atoms with Gasteiger partial charge < -0.3 is 11.1 Å². The van der Waals surface area contributed by atoms with E-state index in [1.807, 2.05) is 0 Å². The lowest BCUT2D eigenvalue weighted by atomic mass is 10.2. The first-order valence-corrected chi connectivity index (χ1v) is 6.21. The lowest BCUT2D eigenvalue weighted by Gasteiger charge is -2.07. The molecule has 0 spiro atoms. The monoisotopic (exact) mass is 325 g/mol. The van der Waals surface area contributed by atoms with Crippen molar-refractivity contribution in [1.29, 1.82) is 0 Å². The van der Waals surface area contributed by atoms with Gasteiger partial charge in [0, 0.05) is 21.3 Å². The van der Waals surface area contributed by atoms with Crippen molar-refractivity contribution in [2.45, 2.75) is 0 Å². The number of hydrogen-bond donors (Lipinski definition) is 2. The number of rotatable bonds is 2. The van der Waals surface area contributed by atoms with Crippen LogP contribution in [0.3, 0.4) is 0 Å². The summed E-state index contributed by atoms with van der Waals surface area (Å²) in [5.41, 5.74) is 6.61. The molecule has 0 radical (unpaired) electrons. The van der Waals surface area contributed by atoms with Gasteiger partial charge in [0.05, 0.1) is 5.69 Å². The molecule has 0 atom stereocenters. The highest BCUT2D eigenvalue weighted by Gasteiger charge is 2.09. The standard InChI is InChI=1S/C12H9BrClN3O/c13-9-6-8(14)1-2-10(9)17-12(18)7-3-4-16-11(15)5-7/h1-6H,(H2,15,16)(H,17,18). The minimum atomic E-state index is -0.257. The summed E-state index contributed by atoms with van der Waals surface area (Å²) < 4.78 is 0.713. The molecule has 92 valence electrons. The number of carbonyl (C=O) groups excluding carboxylic acids is 1. The van der Waals surface area contributed by atoms with Gasteiger partial charge >= 0.3 is 0 Å². The molecule has 2 rings (SSSR count). The summed E-state index contributed by atoms with van der Waals surface area (Å²) in [5.74, 6) is 0.0462. The zero-order chi connectivity index (χ0) is 13.1. The molecule has 0 aliphatic heterocycles. The first kappa shape index (κ1) is 12.9. The summed E-state index contributed by atoms with van der Waals surface area (Å²) >= 11 is 9.15. The second-order valence-corrected chi connectivity index (χ2v) is 4.84. The Kier molecular flexibility index (Phi) is 3.84. The van der Waals surface area contributed by atoms with Gasteiger partial charge in [0.15, 0.2) is 0 Å². The fraction of sp³-hybridized carbons (Fsp3) is 0. The number of nitrogens with two attached hydrogens (primary N) is 1. The summed E-state index contributed by atoms with van der Waals surface area (Å²) in [6.07, 6.45) is 1.49. The van der Waals surface area contributed by atoms with Crippen molar-refractivity contribution in [1.82, 2.24) is 4.98 Å². The van der Waals surface area contributed by atoms with Crippen LogP contribution in [-0.4, -0.2) is 10.9 Å². The average molecular weight is 327 g/mol.